The summed E-state index contributed by atoms with van der Waals surface area (Å²) in [5.41, 5.74) is 1.38. The summed E-state index contributed by atoms with van der Waals surface area (Å²) in [7, 11) is 1.54. The zero-order valence-corrected chi connectivity index (χ0v) is 20.4. The van der Waals surface area contributed by atoms with Crippen molar-refractivity contribution in [3.63, 3.8) is 0 Å². The summed E-state index contributed by atoms with van der Waals surface area (Å²) >= 11 is 6.21. The standard InChI is InChI=1S/C26H25ClN2O5/c1-14-10-20(11-15(2)23(14)27)34-17(4)24(30)22-16(3)21(12-28)25(31)29(26(22)32)13-18-6-8-19(33-5)9-7-18/h6-11,17,32H,13H2,1-5H3. The number of Topliss-reactive ketones (excluding diaryl/α,β-unsaturated/α-hetero) is 1. The number of hydrogen-bond donors (Lipinski definition) is 1. The lowest BCUT2D eigenvalue weighted by Gasteiger charge is -2.19. The van der Waals surface area contributed by atoms with E-state index in [1.165, 1.54) is 14.0 Å². The maximum atomic E-state index is 13.3. The molecule has 1 heterocycles. The molecular weight excluding hydrogens is 456 g/mol. The number of ketones is 1. The molecular formula is C26H25ClN2O5. The summed E-state index contributed by atoms with van der Waals surface area (Å²) < 4.78 is 12.0. The fraction of sp³-hybridized carbons (Fsp3) is 0.269. The molecule has 0 bridgehead atoms. The molecule has 1 N–H and O–H groups in total. The summed E-state index contributed by atoms with van der Waals surface area (Å²) in [5, 5.41) is 21.2. The SMILES string of the molecule is COc1ccc(Cn2c(O)c(C(=O)C(C)Oc3cc(C)c(Cl)c(C)c3)c(C)c(C#N)c2=O)cc1. The minimum Gasteiger partial charge on any atom is -0.497 e. The average molecular weight is 481 g/mol. The van der Waals surface area contributed by atoms with Gasteiger partial charge in [-0.05, 0) is 74.2 Å². The number of nitriles is 1. The zero-order chi connectivity index (χ0) is 25.2. The van der Waals surface area contributed by atoms with E-state index in [1.54, 1.807) is 43.3 Å². The van der Waals surface area contributed by atoms with Gasteiger partial charge >= 0.3 is 0 Å². The van der Waals surface area contributed by atoms with Crippen molar-refractivity contribution in [1.29, 1.82) is 5.26 Å². The number of methoxy groups -OCH3 is 1. The van der Waals surface area contributed by atoms with Crippen LogP contribution in [-0.2, 0) is 6.54 Å². The van der Waals surface area contributed by atoms with Crippen LogP contribution in [0.3, 0.4) is 0 Å². The van der Waals surface area contributed by atoms with Crippen LogP contribution in [0.25, 0.3) is 0 Å². The number of ether oxygens (including phenoxy) is 2. The molecule has 176 valence electrons. The Hall–Kier alpha value is -3.76. The molecule has 0 saturated carbocycles. The third-order valence-corrected chi connectivity index (χ3v) is 6.23. The Kier molecular flexibility index (Phi) is 7.33. The van der Waals surface area contributed by atoms with Crippen LogP contribution in [0.1, 0.15) is 45.1 Å². The number of carbonyl (C=O) groups is 1. The van der Waals surface area contributed by atoms with Crippen LogP contribution < -0.4 is 15.0 Å². The maximum absolute atomic E-state index is 13.3. The molecule has 0 fully saturated rings. The van der Waals surface area contributed by atoms with Crippen LogP contribution in [0.15, 0.2) is 41.2 Å². The van der Waals surface area contributed by atoms with E-state index in [0.717, 1.165) is 15.7 Å². The Bertz CT molecular complexity index is 1330. The molecule has 3 aromatic rings. The molecule has 1 atom stereocenters. The fourth-order valence-corrected chi connectivity index (χ4v) is 3.85. The van der Waals surface area contributed by atoms with Crippen molar-refractivity contribution >= 4 is 17.4 Å². The Balaban J connectivity index is 2.02. The predicted octanol–water partition coefficient (Wildman–Crippen LogP) is 4.71. The lowest BCUT2D eigenvalue weighted by molar-refractivity contribution is 0.0812. The van der Waals surface area contributed by atoms with Gasteiger partial charge in [-0.1, -0.05) is 23.7 Å². The van der Waals surface area contributed by atoms with Crippen molar-refractivity contribution in [3.8, 4) is 23.4 Å². The number of benzene rings is 2. The minimum absolute atomic E-state index is 0.0330. The number of halogens is 1. The first-order valence-electron chi connectivity index (χ1n) is 10.6. The lowest BCUT2D eigenvalue weighted by Crippen LogP contribution is -2.31. The fourth-order valence-electron chi connectivity index (χ4n) is 3.74. The highest BCUT2D eigenvalue weighted by Gasteiger charge is 2.28. The van der Waals surface area contributed by atoms with Gasteiger partial charge in [-0.15, -0.1) is 0 Å². The molecule has 34 heavy (non-hydrogen) atoms. The van der Waals surface area contributed by atoms with Crippen LogP contribution in [0, 0.1) is 32.1 Å². The van der Waals surface area contributed by atoms with Gasteiger partial charge in [0.2, 0.25) is 11.7 Å². The number of pyridine rings is 1. The molecule has 0 radical (unpaired) electrons. The van der Waals surface area contributed by atoms with E-state index in [4.69, 9.17) is 21.1 Å². The van der Waals surface area contributed by atoms with Crippen molar-refractivity contribution in [2.75, 3.05) is 7.11 Å². The van der Waals surface area contributed by atoms with E-state index in [1.807, 2.05) is 19.9 Å². The Labute approximate surface area is 202 Å². The average Bonchev–Trinajstić information content (AvgIpc) is 2.80. The van der Waals surface area contributed by atoms with Crippen LogP contribution in [-0.4, -0.2) is 28.7 Å². The highest BCUT2D eigenvalue weighted by molar-refractivity contribution is 6.32. The molecule has 7 nitrogen and oxygen atoms in total. The van der Waals surface area contributed by atoms with Crippen molar-refractivity contribution in [2.45, 2.75) is 40.3 Å². The predicted molar refractivity (Wildman–Crippen MR) is 129 cm³/mol. The number of aromatic nitrogens is 1. The molecule has 0 saturated heterocycles. The van der Waals surface area contributed by atoms with E-state index in [-0.39, 0.29) is 23.2 Å². The van der Waals surface area contributed by atoms with E-state index < -0.39 is 23.3 Å². The van der Waals surface area contributed by atoms with Gasteiger partial charge in [-0.25, -0.2) is 0 Å². The number of aromatic hydroxyl groups is 1. The van der Waals surface area contributed by atoms with Gasteiger partial charge in [0.15, 0.2) is 6.10 Å². The Morgan fingerprint density at radius 3 is 2.26 bits per heavy atom. The van der Waals surface area contributed by atoms with Gasteiger partial charge in [0, 0.05) is 5.02 Å². The largest absolute Gasteiger partial charge is 0.497 e. The maximum Gasteiger partial charge on any atom is 0.271 e. The minimum atomic E-state index is -0.997. The molecule has 2 aromatic carbocycles. The summed E-state index contributed by atoms with van der Waals surface area (Å²) in [6.45, 7) is 6.64. The molecule has 1 aromatic heterocycles. The number of hydrogen-bond acceptors (Lipinski definition) is 6. The first-order valence-corrected chi connectivity index (χ1v) is 10.9. The third-order valence-electron chi connectivity index (χ3n) is 5.64. The van der Waals surface area contributed by atoms with Gasteiger partial charge in [0.05, 0.1) is 19.2 Å². The molecule has 0 amide bonds. The molecule has 8 heteroatoms. The Morgan fingerprint density at radius 2 is 1.74 bits per heavy atom. The second kappa shape index (κ2) is 10.0. The van der Waals surface area contributed by atoms with Crippen molar-refractivity contribution in [1.82, 2.24) is 4.57 Å². The highest BCUT2D eigenvalue weighted by atomic mass is 35.5. The summed E-state index contributed by atoms with van der Waals surface area (Å²) in [5.74, 6) is 0.0161. The molecule has 0 aliphatic carbocycles. The zero-order valence-electron chi connectivity index (χ0n) is 19.6. The molecule has 0 aliphatic rings. The Morgan fingerprint density at radius 1 is 1.15 bits per heavy atom. The molecule has 1 unspecified atom stereocenters. The van der Waals surface area contributed by atoms with Gasteiger partial charge in [-0.2, -0.15) is 5.26 Å². The first kappa shape index (κ1) is 24.9. The van der Waals surface area contributed by atoms with E-state index in [2.05, 4.69) is 0 Å². The molecule has 3 rings (SSSR count). The third kappa shape index (κ3) is 4.78. The number of aryl methyl sites for hydroxylation is 2. The van der Waals surface area contributed by atoms with Crippen molar-refractivity contribution < 1.29 is 19.4 Å². The first-order chi connectivity index (χ1) is 16.1. The second-order valence-electron chi connectivity index (χ2n) is 8.05. The van der Waals surface area contributed by atoms with E-state index in [9.17, 15) is 20.0 Å². The number of carbonyl (C=O) groups excluding carboxylic acids is 1. The topological polar surface area (TPSA) is 102 Å². The number of rotatable bonds is 7. The normalized spacial score (nSPS) is 11.6. The lowest BCUT2D eigenvalue weighted by atomic mass is 9.99. The van der Waals surface area contributed by atoms with Crippen molar-refractivity contribution in [3.05, 3.63) is 85.2 Å². The number of nitrogens with zero attached hydrogens (tertiary/aromatic N) is 2. The van der Waals surface area contributed by atoms with E-state index in [0.29, 0.717) is 22.1 Å². The van der Waals surface area contributed by atoms with E-state index >= 15 is 0 Å². The van der Waals surface area contributed by atoms with Crippen LogP contribution in [0.4, 0.5) is 0 Å². The van der Waals surface area contributed by atoms with Gasteiger partial charge in [0.1, 0.15) is 23.1 Å². The van der Waals surface area contributed by atoms with Crippen LogP contribution in [0.5, 0.6) is 17.4 Å². The van der Waals surface area contributed by atoms with Gasteiger partial charge < -0.3 is 14.6 Å². The summed E-state index contributed by atoms with van der Waals surface area (Å²) in [4.78, 5) is 26.3. The molecule has 0 spiro atoms. The van der Waals surface area contributed by atoms with Gasteiger partial charge in [-0.3, -0.25) is 14.2 Å². The summed E-state index contributed by atoms with van der Waals surface area (Å²) in [6.07, 6.45) is -0.997. The van der Waals surface area contributed by atoms with Crippen molar-refractivity contribution in [2.24, 2.45) is 0 Å². The second-order valence-corrected chi connectivity index (χ2v) is 8.42. The quantitative estimate of drug-likeness (QED) is 0.491. The summed E-state index contributed by atoms with van der Waals surface area (Å²) in [6, 6.07) is 12.2. The van der Waals surface area contributed by atoms with Crippen LogP contribution in [0.2, 0.25) is 5.02 Å². The smallest absolute Gasteiger partial charge is 0.271 e. The van der Waals surface area contributed by atoms with Crippen LogP contribution >= 0.6 is 11.6 Å². The highest BCUT2D eigenvalue weighted by Crippen LogP contribution is 2.29. The monoisotopic (exact) mass is 480 g/mol. The van der Waals surface area contributed by atoms with Gasteiger partial charge in [0.25, 0.3) is 5.56 Å². The molecule has 0 aliphatic heterocycles.